The van der Waals surface area contributed by atoms with Crippen LogP contribution in [0.3, 0.4) is 0 Å². The molecule has 1 N–H and O–H groups in total. The Morgan fingerprint density at radius 1 is 1.00 bits per heavy atom. The summed E-state index contributed by atoms with van der Waals surface area (Å²) in [4.78, 5) is 26.4. The third-order valence-electron chi connectivity index (χ3n) is 5.07. The zero-order valence-corrected chi connectivity index (χ0v) is 17.1. The number of hydrogen-bond acceptors (Lipinski definition) is 4. The van der Waals surface area contributed by atoms with Crippen LogP contribution in [0.1, 0.15) is 23.0 Å². The number of carbonyl (C=O) groups excluding carboxylic acids is 2. The number of amides is 2. The molecule has 0 unspecified atom stereocenters. The lowest BCUT2D eigenvalue weighted by Gasteiger charge is -2.26. The number of nitrogens with zero attached hydrogens (tertiary/aromatic N) is 3. The molecule has 2 amide bonds. The number of benzene rings is 2. The van der Waals surface area contributed by atoms with Gasteiger partial charge in [0.1, 0.15) is 5.82 Å². The standard InChI is InChI=1S/C23H24N4O3/c1-16-21(18-6-4-3-5-7-18)22(24-17(2)28)27(25-16)20-10-8-19(9-11-20)23(29)26-12-14-30-15-13-26/h3-11H,12-15H2,1-2H3,(H,24,28). The van der Waals surface area contributed by atoms with E-state index in [0.717, 1.165) is 22.5 Å². The molecule has 154 valence electrons. The predicted octanol–water partition coefficient (Wildman–Crippen LogP) is 3.28. The van der Waals surface area contributed by atoms with Crippen LogP contribution in [0.25, 0.3) is 16.8 Å². The van der Waals surface area contributed by atoms with E-state index in [2.05, 4.69) is 10.4 Å². The molecule has 1 aliphatic heterocycles. The average Bonchev–Trinajstić information content (AvgIpc) is 3.09. The molecule has 4 rings (SSSR count). The summed E-state index contributed by atoms with van der Waals surface area (Å²) < 4.78 is 7.03. The monoisotopic (exact) mass is 404 g/mol. The number of aromatic nitrogens is 2. The second-order valence-electron chi connectivity index (χ2n) is 7.22. The first kappa shape index (κ1) is 19.8. The third kappa shape index (κ3) is 3.97. The number of aryl methyl sites for hydroxylation is 1. The zero-order chi connectivity index (χ0) is 21.1. The molecule has 3 aromatic rings. The topological polar surface area (TPSA) is 76.5 Å². The van der Waals surface area contributed by atoms with E-state index < -0.39 is 0 Å². The summed E-state index contributed by atoms with van der Waals surface area (Å²) in [7, 11) is 0. The lowest BCUT2D eigenvalue weighted by atomic mass is 10.1. The molecule has 0 bridgehead atoms. The maximum atomic E-state index is 12.7. The van der Waals surface area contributed by atoms with Crippen LogP contribution >= 0.6 is 0 Å². The highest BCUT2D eigenvalue weighted by molar-refractivity contribution is 5.95. The molecule has 1 fully saturated rings. The fourth-order valence-electron chi connectivity index (χ4n) is 3.64. The van der Waals surface area contributed by atoms with E-state index in [9.17, 15) is 9.59 Å². The van der Waals surface area contributed by atoms with Crippen molar-refractivity contribution in [2.75, 3.05) is 31.6 Å². The van der Waals surface area contributed by atoms with E-state index in [-0.39, 0.29) is 11.8 Å². The van der Waals surface area contributed by atoms with Crippen LogP contribution in [0.2, 0.25) is 0 Å². The largest absolute Gasteiger partial charge is 0.378 e. The molecule has 1 aromatic heterocycles. The van der Waals surface area contributed by atoms with Crippen molar-refractivity contribution in [3.63, 3.8) is 0 Å². The number of hydrogen-bond donors (Lipinski definition) is 1. The molecular formula is C23H24N4O3. The van der Waals surface area contributed by atoms with Crippen molar-refractivity contribution in [1.82, 2.24) is 14.7 Å². The molecule has 7 nitrogen and oxygen atoms in total. The van der Waals surface area contributed by atoms with E-state index in [0.29, 0.717) is 37.7 Å². The maximum absolute atomic E-state index is 12.7. The number of carbonyl (C=O) groups is 2. The molecule has 1 aliphatic rings. The number of morpholine rings is 1. The van der Waals surface area contributed by atoms with E-state index >= 15 is 0 Å². The lowest BCUT2D eigenvalue weighted by Crippen LogP contribution is -2.40. The first-order valence-corrected chi connectivity index (χ1v) is 9.94. The second-order valence-corrected chi connectivity index (χ2v) is 7.22. The molecule has 2 heterocycles. The summed E-state index contributed by atoms with van der Waals surface area (Å²) in [5.41, 5.74) is 4.04. The van der Waals surface area contributed by atoms with Gasteiger partial charge in [0.15, 0.2) is 0 Å². The highest BCUT2D eigenvalue weighted by Crippen LogP contribution is 2.33. The van der Waals surface area contributed by atoms with Crippen LogP contribution in [-0.2, 0) is 9.53 Å². The second kappa shape index (κ2) is 8.51. The van der Waals surface area contributed by atoms with E-state index in [1.54, 1.807) is 21.7 Å². The van der Waals surface area contributed by atoms with Gasteiger partial charge in [-0.05, 0) is 36.8 Å². The number of nitrogens with one attached hydrogen (secondary N) is 1. The van der Waals surface area contributed by atoms with Gasteiger partial charge in [-0.3, -0.25) is 9.59 Å². The summed E-state index contributed by atoms with van der Waals surface area (Å²) in [5, 5.41) is 7.59. The zero-order valence-electron chi connectivity index (χ0n) is 17.1. The molecular weight excluding hydrogens is 380 g/mol. The van der Waals surface area contributed by atoms with Crippen molar-refractivity contribution in [2.45, 2.75) is 13.8 Å². The van der Waals surface area contributed by atoms with Crippen molar-refractivity contribution in [1.29, 1.82) is 0 Å². The first-order valence-electron chi connectivity index (χ1n) is 9.94. The van der Waals surface area contributed by atoms with Gasteiger partial charge in [-0.2, -0.15) is 5.10 Å². The third-order valence-corrected chi connectivity index (χ3v) is 5.07. The molecule has 0 saturated carbocycles. The average molecular weight is 404 g/mol. The summed E-state index contributed by atoms with van der Waals surface area (Å²) in [6, 6.07) is 17.1. The Labute approximate surface area is 175 Å². The van der Waals surface area contributed by atoms with Crippen LogP contribution in [0.15, 0.2) is 54.6 Å². The van der Waals surface area contributed by atoms with Gasteiger partial charge in [0.2, 0.25) is 5.91 Å². The van der Waals surface area contributed by atoms with Gasteiger partial charge in [-0.15, -0.1) is 0 Å². The van der Waals surface area contributed by atoms with Gasteiger partial charge in [-0.1, -0.05) is 30.3 Å². The SMILES string of the molecule is CC(=O)Nc1c(-c2ccccc2)c(C)nn1-c1ccc(C(=O)N2CCOCC2)cc1. The van der Waals surface area contributed by atoms with Crippen LogP contribution in [0.5, 0.6) is 0 Å². The molecule has 7 heteroatoms. The van der Waals surface area contributed by atoms with Crippen LogP contribution in [0.4, 0.5) is 5.82 Å². The minimum absolute atomic E-state index is 0.00597. The molecule has 1 saturated heterocycles. The van der Waals surface area contributed by atoms with Crippen molar-refractivity contribution in [2.24, 2.45) is 0 Å². The van der Waals surface area contributed by atoms with Crippen molar-refractivity contribution < 1.29 is 14.3 Å². The van der Waals surface area contributed by atoms with E-state index in [1.807, 2.05) is 49.4 Å². The van der Waals surface area contributed by atoms with Crippen molar-refractivity contribution >= 4 is 17.6 Å². The Morgan fingerprint density at radius 3 is 2.30 bits per heavy atom. The molecule has 0 atom stereocenters. The van der Waals surface area contributed by atoms with Crippen molar-refractivity contribution in [3.05, 3.63) is 65.9 Å². The fourth-order valence-corrected chi connectivity index (χ4v) is 3.64. The van der Waals surface area contributed by atoms with Gasteiger partial charge in [0.25, 0.3) is 5.91 Å². The van der Waals surface area contributed by atoms with E-state index in [1.165, 1.54) is 6.92 Å². The summed E-state index contributed by atoms with van der Waals surface area (Å²) >= 11 is 0. The molecule has 0 radical (unpaired) electrons. The van der Waals surface area contributed by atoms with Gasteiger partial charge in [-0.25, -0.2) is 4.68 Å². The summed E-state index contributed by atoms with van der Waals surface area (Å²) in [6.07, 6.45) is 0. The number of ether oxygens (including phenoxy) is 1. The normalized spacial score (nSPS) is 13.9. The smallest absolute Gasteiger partial charge is 0.254 e. The fraction of sp³-hybridized carbons (Fsp3) is 0.261. The van der Waals surface area contributed by atoms with Gasteiger partial charge in [0, 0.05) is 31.1 Å². The van der Waals surface area contributed by atoms with Crippen LogP contribution < -0.4 is 5.32 Å². The molecule has 30 heavy (non-hydrogen) atoms. The van der Waals surface area contributed by atoms with Gasteiger partial charge in [0.05, 0.1) is 24.6 Å². The molecule has 2 aromatic carbocycles. The Kier molecular flexibility index (Phi) is 5.63. The first-order chi connectivity index (χ1) is 14.5. The van der Waals surface area contributed by atoms with Crippen LogP contribution in [0, 0.1) is 6.92 Å². The predicted molar refractivity (Wildman–Crippen MR) is 115 cm³/mol. The highest BCUT2D eigenvalue weighted by atomic mass is 16.5. The lowest BCUT2D eigenvalue weighted by molar-refractivity contribution is -0.114. The summed E-state index contributed by atoms with van der Waals surface area (Å²) in [6.45, 7) is 5.74. The molecule has 0 spiro atoms. The van der Waals surface area contributed by atoms with E-state index in [4.69, 9.17) is 4.74 Å². The minimum atomic E-state index is -0.174. The van der Waals surface area contributed by atoms with Gasteiger partial charge >= 0.3 is 0 Å². The Balaban J connectivity index is 1.70. The Hall–Kier alpha value is -3.45. The molecule has 0 aliphatic carbocycles. The number of anilines is 1. The van der Waals surface area contributed by atoms with Crippen LogP contribution in [-0.4, -0.2) is 52.8 Å². The van der Waals surface area contributed by atoms with Crippen molar-refractivity contribution in [3.8, 4) is 16.8 Å². The summed E-state index contributed by atoms with van der Waals surface area (Å²) in [5.74, 6) is 0.430. The maximum Gasteiger partial charge on any atom is 0.254 e. The minimum Gasteiger partial charge on any atom is -0.378 e. The quantitative estimate of drug-likeness (QED) is 0.724. The Bertz CT molecular complexity index is 1050. The van der Waals surface area contributed by atoms with Gasteiger partial charge < -0.3 is 15.0 Å². The number of rotatable bonds is 4. The highest BCUT2D eigenvalue weighted by Gasteiger charge is 2.21. The Morgan fingerprint density at radius 2 is 1.67 bits per heavy atom.